The summed E-state index contributed by atoms with van der Waals surface area (Å²) < 4.78 is 12.3. The Kier molecular flexibility index (Phi) is 8.30. The first-order valence-corrected chi connectivity index (χ1v) is 12.0. The molecule has 26 heavy (non-hydrogen) atoms. The third-order valence-electron chi connectivity index (χ3n) is 4.57. The van der Waals surface area contributed by atoms with Crippen LogP contribution in [-0.2, 0) is 4.43 Å². The highest BCUT2D eigenvalue weighted by Gasteiger charge is 2.38. The molecule has 2 atom stereocenters. The number of halogens is 1. The fraction of sp³-hybridized carbons (Fsp3) is 0.588. The zero-order valence-corrected chi connectivity index (χ0v) is 18.4. The van der Waals surface area contributed by atoms with Crippen LogP contribution < -0.4 is 4.74 Å². The van der Waals surface area contributed by atoms with Crippen molar-refractivity contribution in [1.82, 2.24) is 0 Å². The molecule has 9 heteroatoms. The van der Waals surface area contributed by atoms with Crippen LogP contribution in [0.3, 0.4) is 0 Å². The van der Waals surface area contributed by atoms with Gasteiger partial charge in [-0.15, -0.1) is 0 Å². The molecule has 0 spiro atoms. The number of benzene rings is 1. The molecule has 1 N–H and O–H groups in total. The Balaban J connectivity index is 2.76. The van der Waals surface area contributed by atoms with Crippen LogP contribution >= 0.6 is 15.9 Å². The van der Waals surface area contributed by atoms with E-state index in [2.05, 4.69) is 59.8 Å². The number of aliphatic hydroxyl groups excluding tert-OH is 1. The van der Waals surface area contributed by atoms with E-state index in [9.17, 15) is 9.90 Å². The van der Waals surface area contributed by atoms with Crippen LogP contribution in [0.5, 0.6) is 5.75 Å². The van der Waals surface area contributed by atoms with Crippen molar-refractivity contribution in [2.75, 3.05) is 13.2 Å². The molecule has 0 amide bonds. The Bertz CT molecular complexity index is 672. The van der Waals surface area contributed by atoms with Gasteiger partial charge in [-0.1, -0.05) is 41.8 Å². The van der Waals surface area contributed by atoms with Gasteiger partial charge in [-0.3, -0.25) is 4.79 Å². The molecule has 144 valence electrons. The summed E-state index contributed by atoms with van der Waals surface area (Å²) in [6.07, 6.45) is -0.378. The van der Waals surface area contributed by atoms with Crippen LogP contribution in [0.15, 0.2) is 27.8 Å². The first-order chi connectivity index (χ1) is 12.0. The number of nitrogens with zero attached hydrogens (tertiary/aromatic N) is 3. The lowest BCUT2D eigenvalue weighted by Crippen LogP contribution is -2.44. The predicted octanol–water partition coefficient (Wildman–Crippen LogP) is 4.70. The van der Waals surface area contributed by atoms with Gasteiger partial charge in [-0.2, -0.15) is 0 Å². The zero-order chi connectivity index (χ0) is 20.0. The molecule has 0 aromatic heterocycles. The van der Waals surface area contributed by atoms with Crippen molar-refractivity contribution in [2.45, 2.75) is 51.0 Å². The number of hydrogen-bond donors (Lipinski definition) is 1. The van der Waals surface area contributed by atoms with Crippen LogP contribution in [0.1, 0.15) is 31.1 Å². The molecule has 1 aromatic carbocycles. The van der Waals surface area contributed by atoms with Crippen LogP contribution in [0, 0.1) is 0 Å². The normalized spacial score (nSPS) is 14.3. The molecule has 0 bridgehead atoms. The van der Waals surface area contributed by atoms with Gasteiger partial charge in [0.25, 0.3) is 0 Å². The van der Waals surface area contributed by atoms with Gasteiger partial charge in [0.2, 0.25) is 0 Å². The summed E-state index contributed by atoms with van der Waals surface area (Å²) in [5.41, 5.74) is 9.15. The smallest absolute Gasteiger partial charge is 0.191 e. The van der Waals surface area contributed by atoms with Crippen molar-refractivity contribution in [3.05, 3.63) is 38.7 Å². The second kappa shape index (κ2) is 9.52. The summed E-state index contributed by atoms with van der Waals surface area (Å²) >= 11 is 3.28. The minimum absolute atomic E-state index is 0.00560. The second-order valence-electron chi connectivity index (χ2n) is 7.52. The molecule has 1 aromatic rings. The highest BCUT2D eigenvalue weighted by molar-refractivity contribution is 9.10. The van der Waals surface area contributed by atoms with Gasteiger partial charge in [-0.25, -0.2) is 0 Å². The largest absolute Gasteiger partial charge is 0.490 e. The SMILES string of the molecule is CC(C)(C)[Si](C)(C)OCC(N=[N+]=[N-])C(O)COc1ccc(Br)cc1C=O. The summed E-state index contributed by atoms with van der Waals surface area (Å²) in [6.45, 7) is 10.5. The van der Waals surface area contributed by atoms with Gasteiger partial charge in [0.15, 0.2) is 14.6 Å². The summed E-state index contributed by atoms with van der Waals surface area (Å²) in [5.74, 6) is 0.354. The molecule has 0 saturated heterocycles. The fourth-order valence-corrected chi connectivity index (χ4v) is 3.23. The average Bonchev–Trinajstić information content (AvgIpc) is 2.55. The molecular formula is C17H26BrN3O4Si. The Hall–Kier alpha value is -1.38. The molecule has 0 heterocycles. The minimum atomic E-state index is -2.04. The van der Waals surface area contributed by atoms with Gasteiger partial charge in [0.1, 0.15) is 12.4 Å². The Labute approximate surface area is 163 Å². The van der Waals surface area contributed by atoms with Crippen molar-refractivity contribution >= 4 is 30.5 Å². The molecule has 7 nitrogen and oxygen atoms in total. The van der Waals surface area contributed by atoms with Crippen LogP contribution in [0.2, 0.25) is 18.1 Å². The molecule has 0 aliphatic rings. The van der Waals surface area contributed by atoms with E-state index < -0.39 is 20.5 Å². The molecule has 0 aliphatic heterocycles. The molecule has 0 saturated carbocycles. The van der Waals surface area contributed by atoms with Crippen molar-refractivity contribution in [1.29, 1.82) is 0 Å². The van der Waals surface area contributed by atoms with Gasteiger partial charge in [0.05, 0.1) is 17.7 Å². The molecule has 0 radical (unpaired) electrons. The Morgan fingerprint density at radius 1 is 1.38 bits per heavy atom. The van der Waals surface area contributed by atoms with Gasteiger partial charge in [-0.05, 0) is 41.9 Å². The topological polar surface area (TPSA) is 105 Å². The van der Waals surface area contributed by atoms with Gasteiger partial charge >= 0.3 is 0 Å². The van der Waals surface area contributed by atoms with E-state index in [-0.39, 0.29) is 18.3 Å². The van der Waals surface area contributed by atoms with E-state index in [0.717, 1.165) is 4.47 Å². The minimum Gasteiger partial charge on any atom is -0.490 e. The summed E-state index contributed by atoms with van der Waals surface area (Å²) in [4.78, 5) is 13.9. The maximum absolute atomic E-state index is 11.1. The molecule has 2 unspecified atom stereocenters. The van der Waals surface area contributed by atoms with Crippen molar-refractivity contribution < 1.29 is 19.1 Å². The van der Waals surface area contributed by atoms with E-state index >= 15 is 0 Å². The molecule has 0 fully saturated rings. The lowest BCUT2D eigenvalue weighted by atomic mass is 10.2. The highest BCUT2D eigenvalue weighted by Crippen LogP contribution is 2.36. The first-order valence-electron chi connectivity index (χ1n) is 8.25. The maximum atomic E-state index is 11.1. The van der Waals surface area contributed by atoms with Crippen molar-refractivity contribution in [3.63, 3.8) is 0 Å². The molecule has 0 aliphatic carbocycles. The highest BCUT2D eigenvalue weighted by atomic mass is 79.9. The van der Waals surface area contributed by atoms with Crippen LogP contribution in [-0.4, -0.2) is 45.1 Å². The summed E-state index contributed by atoms with van der Waals surface area (Å²) in [6, 6.07) is 4.22. The summed E-state index contributed by atoms with van der Waals surface area (Å²) in [5, 5.41) is 14.0. The summed E-state index contributed by atoms with van der Waals surface area (Å²) in [7, 11) is -2.04. The number of carbonyl (C=O) groups excluding carboxylic acids is 1. The maximum Gasteiger partial charge on any atom is 0.191 e. The van der Waals surface area contributed by atoms with Crippen LogP contribution in [0.25, 0.3) is 10.4 Å². The lowest BCUT2D eigenvalue weighted by molar-refractivity contribution is 0.0655. The number of aliphatic hydroxyl groups is 1. The quantitative estimate of drug-likeness (QED) is 0.196. The number of carbonyl (C=O) groups is 1. The van der Waals surface area contributed by atoms with E-state index in [1.165, 1.54) is 0 Å². The van der Waals surface area contributed by atoms with Crippen molar-refractivity contribution in [3.8, 4) is 5.75 Å². The molecular weight excluding hydrogens is 418 g/mol. The number of azide groups is 1. The fourth-order valence-electron chi connectivity index (χ4n) is 1.83. The van der Waals surface area contributed by atoms with E-state index in [1.54, 1.807) is 18.2 Å². The lowest BCUT2D eigenvalue weighted by Gasteiger charge is -2.37. The number of aldehydes is 1. The Morgan fingerprint density at radius 3 is 2.58 bits per heavy atom. The van der Waals surface area contributed by atoms with Crippen molar-refractivity contribution in [2.24, 2.45) is 5.11 Å². The van der Waals surface area contributed by atoms with Gasteiger partial charge < -0.3 is 14.3 Å². The zero-order valence-electron chi connectivity index (χ0n) is 15.8. The molecule has 1 rings (SSSR count). The number of ether oxygens (including phenoxy) is 1. The first kappa shape index (κ1) is 22.7. The van der Waals surface area contributed by atoms with Gasteiger partial charge in [0, 0.05) is 16.0 Å². The van der Waals surface area contributed by atoms with E-state index in [1.807, 2.05) is 0 Å². The standard InChI is InChI=1S/C17H26BrN3O4Si/c1-17(2,3)26(4,5)25-10-14(20-21-19)15(23)11-24-16-7-6-13(18)8-12(16)9-22/h6-9,14-15,23H,10-11H2,1-5H3. The van der Waals surface area contributed by atoms with E-state index in [0.29, 0.717) is 17.6 Å². The number of rotatable bonds is 9. The third-order valence-corrected chi connectivity index (χ3v) is 9.57. The number of hydrogen-bond acceptors (Lipinski definition) is 5. The third kappa shape index (κ3) is 6.41. The average molecular weight is 444 g/mol. The Morgan fingerprint density at radius 2 is 2.04 bits per heavy atom. The van der Waals surface area contributed by atoms with E-state index in [4.69, 9.17) is 14.7 Å². The second-order valence-corrected chi connectivity index (χ2v) is 13.2. The monoisotopic (exact) mass is 443 g/mol. The van der Waals surface area contributed by atoms with Crippen LogP contribution in [0.4, 0.5) is 0 Å². The predicted molar refractivity (Wildman–Crippen MR) is 107 cm³/mol.